The van der Waals surface area contributed by atoms with Crippen molar-refractivity contribution in [2.24, 2.45) is 5.92 Å². The van der Waals surface area contributed by atoms with Gasteiger partial charge in [-0.2, -0.15) is 0 Å². The smallest absolute Gasteiger partial charge is 0.306 e. The van der Waals surface area contributed by atoms with Gasteiger partial charge in [0.05, 0.1) is 0 Å². The molecule has 398 valence electrons. The second-order valence-electron chi connectivity index (χ2n) is 21.5. The Morgan fingerprint density at radius 2 is 0.493 bits per heavy atom. The van der Waals surface area contributed by atoms with Gasteiger partial charge in [-0.1, -0.05) is 310 Å². The summed E-state index contributed by atoms with van der Waals surface area (Å²) in [4.78, 5) is 38.2. The first-order chi connectivity index (χ1) is 32.9. The second kappa shape index (κ2) is 55.3. The molecule has 0 aliphatic heterocycles. The van der Waals surface area contributed by atoms with E-state index in [4.69, 9.17) is 14.2 Å². The molecule has 0 unspecified atom stereocenters. The number of carbonyl (C=O) groups is 3. The zero-order valence-electron chi connectivity index (χ0n) is 45.9. The quantitative estimate of drug-likeness (QED) is 0.0343. The summed E-state index contributed by atoms with van der Waals surface area (Å²) in [6, 6.07) is 0. The number of hydrogen-bond acceptors (Lipinski definition) is 6. The first kappa shape index (κ1) is 65.4. The summed E-state index contributed by atoms with van der Waals surface area (Å²) in [6.45, 7) is 9.08. The van der Waals surface area contributed by atoms with Crippen LogP contribution in [0.2, 0.25) is 0 Å². The molecule has 0 N–H and O–H groups in total. The van der Waals surface area contributed by atoms with Gasteiger partial charge in [0.25, 0.3) is 0 Å². The lowest BCUT2D eigenvalue weighted by molar-refractivity contribution is -0.167. The summed E-state index contributed by atoms with van der Waals surface area (Å²) in [7, 11) is 0. The predicted octanol–water partition coefficient (Wildman–Crippen LogP) is 20.2. The third-order valence-electron chi connectivity index (χ3n) is 14.0. The number of rotatable bonds is 56. The molecule has 0 heterocycles. The summed E-state index contributed by atoms with van der Waals surface area (Å²) in [5, 5.41) is 0. The maximum atomic E-state index is 12.9. The second-order valence-corrected chi connectivity index (χ2v) is 21.5. The molecule has 1 atom stereocenters. The van der Waals surface area contributed by atoms with Crippen LogP contribution in [0.1, 0.15) is 349 Å². The summed E-state index contributed by atoms with van der Waals surface area (Å²) in [6.07, 6.45) is 60.9. The molecule has 0 aromatic carbocycles. The number of ether oxygens (including phenoxy) is 3. The van der Waals surface area contributed by atoms with Crippen molar-refractivity contribution < 1.29 is 28.6 Å². The highest BCUT2D eigenvalue weighted by atomic mass is 16.6. The van der Waals surface area contributed by atoms with Gasteiger partial charge in [0.2, 0.25) is 0 Å². The minimum absolute atomic E-state index is 0.0614. The van der Waals surface area contributed by atoms with Gasteiger partial charge in [-0.3, -0.25) is 14.4 Å². The Labute approximate surface area is 418 Å². The zero-order valence-corrected chi connectivity index (χ0v) is 45.9. The molecule has 67 heavy (non-hydrogen) atoms. The van der Waals surface area contributed by atoms with Crippen LogP contribution in [-0.4, -0.2) is 37.2 Å². The van der Waals surface area contributed by atoms with E-state index in [0.717, 1.165) is 63.7 Å². The molecule has 0 aliphatic carbocycles. The average Bonchev–Trinajstić information content (AvgIpc) is 3.31. The minimum atomic E-state index is -0.762. The largest absolute Gasteiger partial charge is 0.462 e. The van der Waals surface area contributed by atoms with Gasteiger partial charge >= 0.3 is 17.9 Å². The molecule has 0 aliphatic rings. The Morgan fingerprint density at radius 1 is 0.284 bits per heavy atom. The van der Waals surface area contributed by atoms with Crippen molar-refractivity contribution in [2.45, 2.75) is 355 Å². The van der Waals surface area contributed by atoms with E-state index in [1.807, 2.05) is 0 Å². The highest BCUT2D eigenvalue weighted by molar-refractivity contribution is 5.71. The highest BCUT2D eigenvalue weighted by Crippen LogP contribution is 2.18. The number of unbranched alkanes of at least 4 members (excludes halogenated alkanes) is 43. The highest BCUT2D eigenvalue weighted by Gasteiger charge is 2.19. The van der Waals surface area contributed by atoms with E-state index in [0.29, 0.717) is 19.3 Å². The van der Waals surface area contributed by atoms with Gasteiger partial charge in [-0.15, -0.1) is 0 Å². The summed E-state index contributed by atoms with van der Waals surface area (Å²) in [5.41, 5.74) is 0. The standard InChI is InChI=1S/C61H118O6/c1-5-7-9-11-13-15-17-19-20-21-26-30-34-38-42-46-50-54-61(64)67-58(55-65-59(62)52-48-44-40-36-32-27-18-16-14-12-10-8-6-2)56-66-60(63)53-49-45-41-37-33-29-25-23-22-24-28-31-35-39-43-47-51-57(3)4/h57-58H,5-56H2,1-4H3/t58-/m1/s1. The van der Waals surface area contributed by atoms with Crippen LogP contribution in [0.4, 0.5) is 0 Å². The van der Waals surface area contributed by atoms with E-state index in [9.17, 15) is 14.4 Å². The van der Waals surface area contributed by atoms with E-state index < -0.39 is 6.10 Å². The number of esters is 3. The van der Waals surface area contributed by atoms with E-state index in [1.54, 1.807) is 0 Å². The van der Waals surface area contributed by atoms with Crippen molar-refractivity contribution in [3.8, 4) is 0 Å². The van der Waals surface area contributed by atoms with Crippen molar-refractivity contribution in [1.29, 1.82) is 0 Å². The van der Waals surface area contributed by atoms with E-state index >= 15 is 0 Å². The number of carbonyl (C=O) groups excluding carboxylic acids is 3. The molecule has 0 fully saturated rings. The molecule has 0 radical (unpaired) electrons. The molecule has 0 saturated carbocycles. The topological polar surface area (TPSA) is 78.9 Å². The summed E-state index contributed by atoms with van der Waals surface area (Å²) in [5.74, 6) is 0.0218. The lowest BCUT2D eigenvalue weighted by atomic mass is 10.0. The molecule has 6 heteroatoms. The molecule has 0 aromatic heterocycles. The third-order valence-corrected chi connectivity index (χ3v) is 14.0. The Bertz CT molecular complexity index is 1010. The Balaban J connectivity index is 4.27. The SMILES string of the molecule is CCCCCCCCCCCCCCCCCCCC(=O)O[C@H](COC(=O)CCCCCCCCCCCCCCC)COC(=O)CCCCCCCCCCCCCCCCCCC(C)C. The number of hydrogen-bond donors (Lipinski definition) is 0. The van der Waals surface area contributed by atoms with Crippen molar-refractivity contribution in [3.63, 3.8) is 0 Å². The van der Waals surface area contributed by atoms with Crippen molar-refractivity contribution in [3.05, 3.63) is 0 Å². The third kappa shape index (κ3) is 55.2. The Morgan fingerprint density at radius 3 is 0.731 bits per heavy atom. The molecule has 0 rings (SSSR count). The first-order valence-electron chi connectivity index (χ1n) is 30.4. The van der Waals surface area contributed by atoms with Crippen molar-refractivity contribution in [1.82, 2.24) is 0 Å². The Kier molecular flexibility index (Phi) is 54.0. The predicted molar refractivity (Wildman–Crippen MR) is 289 cm³/mol. The monoisotopic (exact) mass is 947 g/mol. The van der Waals surface area contributed by atoms with Crippen LogP contribution in [0.5, 0.6) is 0 Å². The van der Waals surface area contributed by atoms with Crippen molar-refractivity contribution in [2.75, 3.05) is 13.2 Å². The van der Waals surface area contributed by atoms with Crippen LogP contribution >= 0.6 is 0 Å². The fourth-order valence-corrected chi connectivity index (χ4v) is 9.46. The van der Waals surface area contributed by atoms with Gasteiger partial charge in [0.15, 0.2) is 6.10 Å². The maximum Gasteiger partial charge on any atom is 0.306 e. The lowest BCUT2D eigenvalue weighted by Gasteiger charge is -2.18. The van der Waals surface area contributed by atoms with Gasteiger partial charge in [-0.05, 0) is 25.2 Å². The first-order valence-corrected chi connectivity index (χ1v) is 30.4. The van der Waals surface area contributed by atoms with E-state index in [1.165, 1.54) is 244 Å². The van der Waals surface area contributed by atoms with Crippen LogP contribution < -0.4 is 0 Å². The fourth-order valence-electron chi connectivity index (χ4n) is 9.46. The molecule has 0 aromatic rings. The van der Waals surface area contributed by atoms with Gasteiger partial charge in [-0.25, -0.2) is 0 Å². The fraction of sp³-hybridized carbons (Fsp3) is 0.951. The average molecular weight is 948 g/mol. The van der Waals surface area contributed by atoms with Crippen LogP contribution in [-0.2, 0) is 28.6 Å². The normalized spacial score (nSPS) is 12.0. The lowest BCUT2D eigenvalue weighted by Crippen LogP contribution is -2.30. The Hall–Kier alpha value is -1.59. The van der Waals surface area contributed by atoms with Gasteiger partial charge in [0, 0.05) is 19.3 Å². The molecule has 0 amide bonds. The van der Waals surface area contributed by atoms with Gasteiger partial charge < -0.3 is 14.2 Å². The molecule has 6 nitrogen and oxygen atoms in total. The zero-order chi connectivity index (χ0) is 48.8. The van der Waals surface area contributed by atoms with Crippen LogP contribution in [0.15, 0.2) is 0 Å². The summed E-state index contributed by atoms with van der Waals surface area (Å²) < 4.78 is 16.9. The molecular weight excluding hydrogens is 829 g/mol. The van der Waals surface area contributed by atoms with Crippen LogP contribution in [0.3, 0.4) is 0 Å². The van der Waals surface area contributed by atoms with Crippen LogP contribution in [0, 0.1) is 5.92 Å². The molecule has 0 saturated heterocycles. The molecular formula is C61H118O6. The minimum Gasteiger partial charge on any atom is -0.462 e. The maximum absolute atomic E-state index is 12.9. The van der Waals surface area contributed by atoms with Gasteiger partial charge in [0.1, 0.15) is 13.2 Å². The molecule has 0 bridgehead atoms. The van der Waals surface area contributed by atoms with E-state index in [-0.39, 0.29) is 31.1 Å². The van der Waals surface area contributed by atoms with Crippen LogP contribution in [0.25, 0.3) is 0 Å². The van der Waals surface area contributed by atoms with Crippen molar-refractivity contribution >= 4 is 17.9 Å². The summed E-state index contributed by atoms with van der Waals surface area (Å²) >= 11 is 0. The van der Waals surface area contributed by atoms with E-state index in [2.05, 4.69) is 27.7 Å². The molecule has 0 spiro atoms.